The number of hydrogen-bond donors (Lipinski definition) is 1. The van der Waals surface area contributed by atoms with Crippen LogP contribution in [-0.4, -0.2) is 64.5 Å². The molecule has 0 unspecified atom stereocenters. The summed E-state index contributed by atoms with van der Waals surface area (Å²) in [5.74, 6) is 0. The normalized spacial score (nSPS) is 17.4. The van der Waals surface area contributed by atoms with Gasteiger partial charge in [-0.05, 0) is 31.5 Å². The Labute approximate surface area is 144 Å². The van der Waals surface area contributed by atoms with Gasteiger partial charge in [0.25, 0.3) is 0 Å². The Hall–Kier alpha value is -1.47. The van der Waals surface area contributed by atoms with Crippen molar-refractivity contribution in [3.8, 4) is 0 Å². The van der Waals surface area contributed by atoms with E-state index in [0.29, 0.717) is 11.4 Å². The maximum Gasteiger partial charge on any atom is 0.241 e. The summed E-state index contributed by atoms with van der Waals surface area (Å²) < 4.78 is 28.0. The van der Waals surface area contributed by atoms with Gasteiger partial charge in [-0.3, -0.25) is 0 Å². The predicted molar refractivity (Wildman–Crippen MR) is 97.7 cm³/mol. The summed E-state index contributed by atoms with van der Waals surface area (Å²) in [7, 11) is -1.34. The Morgan fingerprint density at radius 1 is 1.00 bits per heavy atom. The molecule has 0 saturated carbocycles. The lowest BCUT2D eigenvalue weighted by atomic mass is 10.1. The smallest absolute Gasteiger partial charge is 0.241 e. The van der Waals surface area contributed by atoms with Crippen molar-refractivity contribution in [2.45, 2.75) is 11.3 Å². The molecule has 24 heavy (non-hydrogen) atoms. The van der Waals surface area contributed by atoms with Crippen LogP contribution in [0.1, 0.15) is 6.42 Å². The summed E-state index contributed by atoms with van der Waals surface area (Å²) in [6.07, 6.45) is 0.827. The van der Waals surface area contributed by atoms with Crippen LogP contribution >= 0.6 is 0 Å². The summed E-state index contributed by atoms with van der Waals surface area (Å²) >= 11 is 0. The van der Waals surface area contributed by atoms with E-state index in [-0.39, 0.29) is 0 Å². The van der Waals surface area contributed by atoms with Crippen LogP contribution in [0.15, 0.2) is 47.4 Å². The molecule has 0 aromatic heterocycles. The number of benzene rings is 2. The molecule has 0 atom stereocenters. The van der Waals surface area contributed by atoms with Crippen molar-refractivity contribution in [2.75, 3.05) is 46.3 Å². The minimum atomic E-state index is -3.48. The molecule has 1 saturated heterocycles. The van der Waals surface area contributed by atoms with E-state index in [1.165, 1.54) is 0 Å². The van der Waals surface area contributed by atoms with Crippen LogP contribution in [0, 0.1) is 0 Å². The zero-order chi connectivity index (χ0) is 17.0. The van der Waals surface area contributed by atoms with Gasteiger partial charge in [0.2, 0.25) is 10.0 Å². The summed E-state index contributed by atoms with van der Waals surface area (Å²) in [6.45, 7) is 5.70. The van der Waals surface area contributed by atoms with E-state index in [9.17, 15) is 8.42 Å². The third kappa shape index (κ3) is 4.13. The molecule has 1 N–H and O–H groups in total. The van der Waals surface area contributed by atoms with E-state index < -0.39 is 10.0 Å². The highest BCUT2D eigenvalue weighted by atomic mass is 32.2. The molecule has 1 fully saturated rings. The number of likely N-dealkylation sites (N-methyl/N-ethyl adjacent to an activating group) is 1. The summed E-state index contributed by atoms with van der Waals surface area (Å²) in [5.41, 5.74) is 0. The zero-order valence-electron chi connectivity index (χ0n) is 14.1. The summed E-state index contributed by atoms with van der Waals surface area (Å²) in [4.78, 5) is 5.08. The van der Waals surface area contributed by atoms with Gasteiger partial charge in [0.1, 0.15) is 0 Å². The molecule has 5 nitrogen and oxygen atoms in total. The van der Waals surface area contributed by atoms with Crippen LogP contribution in [0.5, 0.6) is 0 Å². The van der Waals surface area contributed by atoms with Gasteiger partial charge in [-0.15, -0.1) is 0 Å². The Morgan fingerprint density at radius 3 is 2.50 bits per heavy atom. The second-order valence-electron chi connectivity index (χ2n) is 6.37. The highest BCUT2D eigenvalue weighted by Gasteiger charge is 2.17. The second-order valence-corrected chi connectivity index (χ2v) is 8.11. The van der Waals surface area contributed by atoms with E-state index in [4.69, 9.17) is 0 Å². The van der Waals surface area contributed by atoms with Crippen molar-refractivity contribution >= 4 is 20.8 Å². The number of nitrogens with zero attached hydrogens (tertiary/aromatic N) is 2. The van der Waals surface area contributed by atoms with Gasteiger partial charge in [-0.2, -0.15) is 0 Å². The third-order valence-electron chi connectivity index (χ3n) is 4.58. The van der Waals surface area contributed by atoms with Gasteiger partial charge in [-0.25, -0.2) is 13.1 Å². The molecule has 0 aliphatic carbocycles. The van der Waals surface area contributed by atoms with Crippen molar-refractivity contribution in [1.29, 1.82) is 0 Å². The van der Waals surface area contributed by atoms with Crippen molar-refractivity contribution < 1.29 is 8.42 Å². The van der Waals surface area contributed by atoms with E-state index >= 15 is 0 Å². The monoisotopic (exact) mass is 347 g/mol. The Balaban J connectivity index is 1.58. The first-order valence-electron chi connectivity index (χ1n) is 8.44. The number of nitrogens with one attached hydrogen (secondary N) is 1. The Kier molecular flexibility index (Phi) is 5.50. The quantitative estimate of drug-likeness (QED) is 0.809. The summed E-state index contributed by atoms with van der Waals surface area (Å²) in [5, 5.41) is 1.71. The lowest BCUT2D eigenvalue weighted by molar-refractivity contribution is 0.153. The van der Waals surface area contributed by atoms with Gasteiger partial charge in [-0.1, -0.05) is 36.4 Å². The van der Waals surface area contributed by atoms with Crippen LogP contribution in [-0.2, 0) is 10.0 Å². The molecule has 1 heterocycles. The fraction of sp³-hybridized carbons (Fsp3) is 0.444. The molecule has 2 aromatic rings. The summed E-state index contributed by atoms with van der Waals surface area (Å²) in [6, 6.07) is 13.0. The fourth-order valence-electron chi connectivity index (χ4n) is 3.09. The second kappa shape index (κ2) is 7.61. The highest BCUT2D eigenvalue weighted by Crippen LogP contribution is 2.22. The molecule has 2 aromatic carbocycles. The molecule has 0 spiro atoms. The van der Waals surface area contributed by atoms with Gasteiger partial charge >= 0.3 is 0 Å². The van der Waals surface area contributed by atoms with E-state index in [1.807, 2.05) is 30.3 Å². The standard InChI is InChI=1S/C18H25N3O2S/c1-20-12-14-21(15-13-20)11-5-10-19-24(22,23)18-9-4-7-16-6-2-3-8-17(16)18/h2-4,6-9,19H,5,10-15H2,1H3. The molecular weight excluding hydrogens is 322 g/mol. The fourth-order valence-corrected chi connectivity index (χ4v) is 4.39. The average Bonchev–Trinajstić information content (AvgIpc) is 2.60. The predicted octanol–water partition coefficient (Wildman–Crippen LogP) is 1.76. The minimum absolute atomic E-state index is 0.361. The Morgan fingerprint density at radius 2 is 1.71 bits per heavy atom. The third-order valence-corrected chi connectivity index (χ3v) is 6.10. The van der Waals surface area contributed by atoms with Crippen molar-refractivity contribution in [1.82, 2.24) is 14.5 Å². The number of fused-ring (bicyclic) bond motifs is 1. The molecule has 130 valence electrons. The van der Waals surface area contributed by atoms with E-state index in [2.05, 4.69) is 21.6 Å². The molecular formula is C18H25N3O2S. The molecule has 1 aliphatic rings. The first-order valence-corrected chi connectivity index (χ1v) is 9.93. The number of sulfonamides is 1. The van der Waals surface area contributed by atoms with Crippen molar-refractivity contribution in [3.63, 3.8) is 0 Å². The van der Waals surface area contributed by atoms with Gasteiger partial charge in [0, 0.05) is 38.1 Å². The number of rotatable bonds is 6. The first kappa shape index (κ1) is 17.4. The molecule has 6 heteroatoms. The van der Waals surface area contributed by atoms with Crippen LogP contribution in [0.2, 0.25) is 0 Å². The average molecular weight is 347 g/mol. The molecule has 0 radical (unpaired) electrons. The maximum atomic E-state index is 12.6. The van der Waals surface area contributed by atoms with Crippen LogP contribution in [0.4, 0.5) is 0 Å². The molecule has 0 bridgehead atoms. The maximum absolute atomic E-state index is 12.6. The molecule has 0 amide bonds. The first-order chi connectivity index (χ1) is 11.6. The minimum Gasteiger partial charge on any atom is -0.304 e. The SMILES string of the molecule is CN1CCN(CCCNS(=O)(=O)c2cccc3ccccc23)CC1. The number of hydrogen-bond acceptors (Lipinski definition) is 4. The topological polar surface area (TPSA) is 52.6 Å². The zero-order valence-corrected chi connectivity index (χ0v) is 14.9. The Bertz CT molecular complexity index is 778. The largest absolute Gasteiger partial charge is 0.304 e. The van der Waals surface area contributed by atoms with E-state index in [0.717, 1.165) is 49.9 Å². The van der Waals surface area contributed by atoms with Crippen molar-refractivity contribution in [3.05, 3.63) is 42.5 Å². The van der Waals surface area contributed by atoms with Gasteiger partial charge < -0.3 is 9.80 Å². The molecule has 1 aliphatic heterocycles. The van der Waals surface area contributed by atoms with E-state index in [1.54, 1.807) is 12.1 Å². The van der Waals surface area contributed by atoms with Gasteiger partial charge in [0.15, 0.2) is 0 Å². The number of piperazine rings is 1. The van der Waals surface area contributed by atoms with Crippen LogP contribution in [0.25, 0.3) is 10.8 Å². The molecule has 3 rings (SSSR count). The highest BCUT2D eigenvalue weighted by molar-refractivity contribution is 7.89. The van der Waals surface area contributed by atoms with Crippen molar-refractivity contribution in [2.24, 2.45) is 0 Å². The van der Waals surface area contributed by atoms with Crippen LogP contribution < -0.4 is 4.72 Å². The lowest BCUT2D eigenvalue weighted by Gasteiger charge is -2.32. The lowest BCUT2D eigenvalue weighted by Crippen LogP contribution is -2.45. The van der Waals surface area contributed by atoms with Crippen LogP contribution in [0.3, 0.4) is 0 Å². The van der Waals surface area contributed by atoms with Gasteiger partial charge in [0.05, 0.1) is 4.90 Å².